The minimum atomic E-state index is -4.07. The zero-order chi connectivity index (χ0) is 25.9. The summed E-state index contributed by atoms with van der Waals surface area (Å²) >= 11 is 9.10. The van der Waals surface area contributed by atoms with Crippen molar-refractivity contribution in [1.29, 1.82) is 0 Å². The van der Waals surface area contributed by atoms with Gasteiger partial charge < -0.3 is 14.2 Å². The summed E-state index contributed by atoms with van der Waals surface area (Å²) in [5.74, 6) is 0.0574. The number of aliphatic imine (C=N–C) groups is 1. The van der Waals surface area contributed by atoms with Crippen molar-refractivity contribution in [2.75, 3.05) is 6.61 Å². The first-order valence-corrected chi connectivity index (χ1v) is 14.4. The zero-order valence-electron chi connectivity index (χ0n) is 19.1. The minimum Gasteiger partial charge on any atom is -0.490 e. The molecule has 0 unspecified atom stereocenters. The number of thioether (sulfide) groups is 1. The molecule has 0 radical (unpaired) electrons. The van der Waals surface area contributed by atoms with E-state index in [-0.39, 0.29) is 22.3 Å². The molecule has 1 aliphatic heterocycles. The summed E-state index contributed by atoms with van der Waals surface area (Å²) in [7, 11) is -4.07. The summed E-state index contributed by atoms with van der Waals surface area (Å²) in [5.41, 5.74) is 2.24. The highest BCUT2D eigenvalue weighted by molar-refractivity contribution is 14.1. The first-order valence-electron chi connectivity index (χ1n) is 10.7. The van der Waals surface area contributed by atoms with Gasteiger partial charge in [0, 0.05) is 5.02 Å². The minimum absolute atomic E-state index is 0.0454. The van der Waals surface area contributed by atoms with Crippen LogP contribution in [0.15, 0.2) is 75.5 Å². The van der Waals surface area contributed by atoms with Gasteiger partial charge in [-0.3, -0.25) is 4.79 Å². The number of halogens is 2. The lowest BCUT2D eigenvalue weighted by atomic mass is 10.2. The van der Waals surface area contributed by atoms with Crippen LogP contribution < -0.4 is 14.2 Å². The maximum Gasteiger partial charge on any atom is 0.339 e. The van der Waals surface area contributed by atoms with Crippen molar-refractivity contribution in [1.82, 2.24) is 5.32 Å². The molecule has 4 rings (SSSR count). The van der Waals surface area contributed by atoms with Crippen molar-refractivity contribution in [2.24, 2.45) is 4.99 Å². The summed E-state index contributed by atoms with van der Waals surface area (Å²) < 4.78 is 37.4. The Balaban J connectivity index is 1.62. The highest BCUT2D eigenvalue weighted by Gasteiger charge is 2.25. The van der Waals surface area contributed by atoms with E-state index < -0.39 is 10.1 Å². The number of amidine groups is 1. The summed E-state index contributed by atoms with van der Waals surface area (Å²) in [6.45, 7) is 3.95. The summed E-state index contributed by atoms with van der Waals surface area (Å²) in [6.07, 6.45) is 1.69. The first kappa shape index (κ1) is 26.5. The van der Waals surface area contributed by atoms with Crippen LogP contribution >= 0.6 is 46.0 Å². The van der Waals surface area contributed by atoms with E-state index in [1.807, 2.05) is 29.5 Å². The van der Waals surface area contributed by atoms with Gasteiger partial charge in [0.15, 0.2) is 16.7 Å². The molecule has 0 bridgehead atoms. The van der Waals surface area contributed by atoms with Crippen LogP contribution in [-0.4, -0.2) is 26.1 Å². The van der Waals surface area contributed by atoms with Gasteiger partial charge in [0.05, 0.1) is 20.8 Å². The molecule has 1 amide bonds. The molecule has 0 atom stereocenters. The molecule has 3 aromatic rings. The average Bonchev–Trinajstić information content (AvgIpc) is 3.16. The Labute approximate surface area is 232 Å². The van der Waals surface area contributed by atoms with Crippen molar-refractivity contribution in [3.8, 4) is 11.5 Å². The highest BCUT2D eigenvalue weighted by atomic mass is 127. The fourth-order valence-corrected chi connectivity index (χ4v) is 5.95. The number of aryl methyl sites for hydroxylation is 1. The van der Waals surface area contributed by atoms with E-state index in [0.717, 1.165) is 5.56 Å². The van der Waals surface area contributed by atoms with Crippen LogP contribution in [0.5, 0.6) is 11.5 Å². The number of hydrogen-bond donors (Lipinski definition) is 1. The van der Waals surface area contributed by atoms with Gasteiger partial charge in [-0.25, -0.2) is 4.99 Å². The maximum atomic E-state index is 12.9. The number of benzene rings is 3. The smallest absolute Gasteiger partial charge is 0.339 e. The summed E-state index contributed by atoms with van der Waals surface area (Å²) in [6, 6.07) is 16.7. The monoisotopic (exact) mass is 654 g/mol. The van der Waals surface area contributed by atoms with Gasteiger partial charge in [0.1, 0.15) is 4.90 Å². The Morgan fingerprint density at radius 1 is 1.11 bits per heavy atom. The third-order valence-electron chi connectivity index (χ3n) is 4.84. The molecule has 1 fully saturated rings. The zero-order valence-corrected chi connectivity index (χ0v) is 23.7. The second kappa shape index (κ2) is 11.2. The predicted octanol–water partition coefficient (Wildman–Crippen LogP) is 6.31. The molecule has 3 aromatic carbocycles. The van der Waals surface area contributed by atoms with E-state index >= 15 is 0 Å². The number of carbonyl (C=O) groups excluding carboxylic acids is 1. The summed E-state index contributed by atoms with van der Waals surface area (Å²) in [5, 5.41) is 3.78. The van der Waals surface area contributed by atoms with Gasteiger partial charge in [-0.2, -0.15) is 8.42 Å². The van der Waals surface area contributed by atoms with E-state index in [0.29, 0.717) is 36.5 Å². The van der Waals surface area contributed by atoms with E-state index in [1.54, 1.807) is 61.5 Å². The van der Waals surface area contributed by atoms with Gasteiger partial charge in [-0.1, -0.05) is 29.3 Å². The number of carbonyl (C=O) groups is 1. The fourth-order valence-electron chi connectivity index (χ4n) is 3.14. The number of amides is 1. The van der Waals surface area contributed by atoms with Crippen LogP contribution in [0.4, 0.5) is 5.69 Å². The lowest BCUT2D eigenvalue weighted by Crippen LogP contribution is -2.19. The highest BCUT2D eigenvalue weighted by Crippen LogP contribution is 2.38. The van der Waals surface area contributed by atoms with E-state index in [2.05, 4.69) is 10.3 Å². The van der Waals surface area contributed by atoms with Gasteiger partial charge >= 0.3 is 10.1 Å². The number of ether oxygens (including phenoxy) is 1. The van der Waals surface area contributed by atoms with Crippen LogP contribution in [0.1, 0.15) is 18.1 Å². The standard InChI is InChI=1S/C25H20ClIN2O5S2/c1-3-33-21-13-16(12-20(27)23(21)34-36(31,32)19-10-4-15(2)5-11-19)14-22-24(30)29-25(35-22)28-18-8-6-17(26)7-9-18/h4-14H,3H2,1-2H3,(H,28,29,30)/b22-14+. The Kier molecular flexibility index (Phi) is 8.28. The van der Waals surface area contributed by atoms with E-state index in [1.165, 1.54) is 23.9 Å². The molecule has 0 saturated carbocycles. The van der Waals surface area contributed by atoms with Crippen molar-refractivity contribution in [3.05, 3.63) is 85.3 Å². The van der Waals surface area contributed by atoms with E-state index in [9.17, 15) is 13.2 Å². The third-order valence-corrected chi connectivity index (χ3v) is 8.04. The molecule has 0 aliphatic carbocycles. The van der Waals surface area contributed by atoms with Crippen molar-refractivity contribution < 1.29 is 22.1 Å². The molecular weight excluding hydrogens is 635 g/mol. The molecule has 0 aromatic heterocycles. The van der Waals surface area contributed by atoms with Gasteiger partial charge in [0.25, 0.3) is 5.91 Å². The third kappa shape index (κ3) is 6.41. The molecule has 1 aliphatic rings. The Morgan fingerprint density at radius 3 is 2.47 bits per heavy atom. The predicted molar refractivity (Wildman–Crippen MR) is 152 cm³/mol. The van der Waals surface area contributed by atoms with Crippen LogP contribution in [-0.2, 0) is 14.9 Å². The van der Waals surface area contributed by atoms with Gasteiger partial charge in [0.2, 0.25) is 0 Å². The first-order chi connectivity index (χ1) is 17.1. The molecule has 186 valence electrons. The lowest BCUT2D eigenvalue weighted by Gasteiger charge is -2.14. The Hall–Kier alpha value is -2.54. The van der Waals surface area contributed by atoms with Gasteiger partial charge in [-0.05, 0) is 108 Å². The molecule has 0 spiro atoms. The van der Waals surface area contributed by atoms with Crippen molar-refractivity contribution >= 4 is 78.9 Å². The van der Waals surface area contributed by atoms with E-state index in [4.69, 9.17) is 20.5 Å². The molecule has 36 heavy (non-hydrogen) atoms. The van der Waals surface area contributed by atoms with Crippen molar-refractivity contribution in [3.63, 3.8) is 0 Å². The quantitative estimate of drug-likeness (QED) is 0.182. The maximum absolute atomic E-state index is 12.9. The Morgan fingerprint density at radius 2 is 1.81 bits per heavy atom. The number of nitrogens with zero attached hydrogens (tertiary/aromatic N) is 1. The number of nitrogens with one attached hydrogen (secondary N) is 1. The van der Waals surface area contributed by atoms with Crippen molar-refractivity contribution in [2.45, 2.75) is 18.7 Å². The van der Waals surface area contributed by atoms with Gasteiger partial charge in [-0.15, -0.1) is 0 Å². The topological polar surface area (TPSA) is 94.1 Å². The molecule has 11 heteroatoms. The SMILES string of the molecule is CCOc1cc(/C=C2/SC(=Nc3ccc(Cl)cc3)NC2=O)cc(I)c1OS(=O)(=O)c1ccc(C)cc1. The number of hydrogen-bond acceptors (Lipinski definition) is 7. The van der Waals surface area contributed by atoms with Crippen LogP contribution in [0, 0.1) is 10.5 Å². The second-order valence-electron chi connectivity index (χ2n) is 7.57. The molecule has 1 N–H and O–H groups in total. The number of rotatable bonds is 7. The lowest BCUT2D eigenvalue weighted by molar-refractivity contribution is -0.115. The second-order valence-corrected chi connectivity index (χ2v) is 11.7. The largest absolute Gasteiger partial charge is 0.490 e. The molecule has 1 heterocycles. The Bertz CT molecular complexity index is 1470. The van der Waals surface area contributed by atoms with Crippen LogP contribution in [0.3, 0.4) is 0 Å². The average molecular weight is 655 g/mol. The molecular formula is C25H20ClIN2O5S2. The fraction of sp³-hybridized carbons (Fsp3) is 0.120. The summed E-state index contributed by atoms with van der Waals surface area (Å²) in [4.78, 5) is 17.4. The van der Waals surface area contributed by atoms with Crippen LogP contribution in [0.2, 0.25) is 5.02 Å². The normalized spacial score (nSPS) is 15.8. The van der Waals surface area contributed by atoms with Crippen LogP contribution in [0.25, 0.3) is 6.08 Å². The molecule has 1 saturated heterocycles. The molecule has 7 nitrogen and oxygen atoms in total.